The lowest BCUT2D eigenvalue weighted by Gasteiger charge is -2.35. The summed E-state index contributed by atoms with van der Waals surface area (Å²) in [5, 5.41) is 12.7. The minimum atomic E-state index is -0.161. The second-order valence-corrected chi connectivity index (χ2v) is 8.13. The first kappa shape index (κ1) is 18.8. The lowest BCUT2D eigenvalue weighted by atomic mass is 9.92. The summed E-state index contributed by atoms with van der Waals surface area (Å²) in [4.78, 5) is 12.9. The van der Waals surface area contributed by atoms with E-state index in [-0.39, 0.29) is 23.4 Å². The van der Waals surface area contributed by atoms with Crippen LogP contribution in [0.2, 0.25) is 0 Å². The molecule has 1 saturated heterocycles. The molecule has 7 heteroatoms. The van der Waals surface area contributed by atoms with Gasteiger partial charge in [0.25, 0.3) is 0 Å². The van der Waals surface area contributed by atoms with Gasteiger partial charge in [-0.15, -0.1) is 5.10 Å². The van der Waals surface area contributed by atoms with E-state index < -0.39 is 0 Å². The van der Waals surface area contributed by atoms with Crippen LogP contribution in [0.4, 0.5) is 0 Å². The average Bonchev–Trinajstić information content (AvgIpc) is 3.02. The van der Waals surface area contributed by atoms with E-state index in [2.05, 4.69) is 50.1 Å². The Morgan fingerprint density at radius 3 is 2.50 bits per heavy atom. The largest absolute Gasteiger partial charge is 0.369 e. The Bertz CT molecular complexity index is 545. The third-order valence-corrected chi connectivity index (χ3v) is 5.47. The minimum Gasteiger partial charge on any atom is -0.369 e. The van der Waals surface area contributed by atoms with Crippen LogP contribution < -0.4 is 10.6 Å². The molecular weight excluding hydrogens is 304 g/mol. The third-order valence-electron chi connectivity index (χ3n) is 5.47. The molecule has 0 spiro atoms. The fraction of sp³-hybridized carbons (Fsp3) is 0.882. The molecule has 1 aromatic rings. The van der Waals surface area contributed by atoms with E-state index in [1.165, 1.54) is 4.90 Å². The first-order valence-corrected chi connectivity index (χ1v) is 9.19. The van der Waals surface area contributed by atoms with E-state index >= 15 is 0 Å². The third kappa shape index (κ3) is 4.12. The first-order valence-electron chi connectivity index (χ1n) is 9.19. The predicted molar refractivity (Wildman–Crippen MR) is 92.2 cm³/mol. The molecule has 1 aromatic heterocycles. The van der Waals surface area contributed by atoms with Crippen LogP contribution in [0.25, 0.3) is 0 Å². The van der Waals surface area contributed by atoms with Crippen molar-refractivity contribution < 1.29 is 9.69 Å². The quantitative estimate of drug-likeness (QED) is 0.766. The molecular formula is C17H33N6O+. The number of nitrogens with two attached hydrogens (primary N) is 1. The van der Waals surface area contributed by atoms with E-state index in [1.807, 2.05) is 4.68 Å². The highest BCUT2D eigenvalue weighted by Gasteiger charge is 2.37. The summed E-state index contributed by atoms with van der Waals surface area (Å²) < 4.78 is 2.01. The van der Waals surface area contributed by atoms with Gasteiger partial charge in [-0.2, -0.15) is 0 Å². The smallest absolute Gasteiger partial charge is 0.220 e. The second kappa shape index (κ2) is 7.59. The molecule has 0 aromatic carbocycles. The van der Waals surface area contributed by atoms with Gasteiger partial charge in [0.2, 0.25) is 11.7 Å². The number of amides is 1. The zero-order valence-corrected chi connectivity index (χ0v) is 15.7. The van der Waals surface area contributed by atoms with Crippen molar-refractivity contribution in [3.8, 4) is 0 Å². The van der Waals surface area contributed by atoms with E-state index in [0.717, 1.165) is 44.6 Å². The van der Waals surface area contributed by atoms with Gasteiger partial charge in [-0.25, -0.2) is 4.68 Å². The van der Waals surface area contributed by atoms with Gasteiger partial charge in [-0.1, -0.05) is 20.8 Å². The van der Waals surface area contributed by atoms with Crippen LogP contribution in [0.5, 0.6) is 0 Å². The molecule has 2 heterocycles. The molecule has 1 fully saturated rings. The number of piperidine rings is 1. The van der Waals surface area contributed by atoms with Gasteiger partial charge < -0.3 is 10.6 Å². The molecule has 0 unspecified atom stereocenters. The Hall–Kier alpha value is -1.50. The average molecular weight is 337 g/mol. The van der Waals surface area contributed by atoms with Gasteiger partial charge in [0, 0.05) is 25.2 Å². The van der Waals surface area contributed by atoms with Gasteiger partial charge >= 0.3 is 0 Å². The Morgan fingerprint density at radius 2 is 2.00 bits per heavy atom. The van der Waals surface area contributed by atoms with Crippen LogP contribution >= 0.6 is 0 Å². The fourth-order valence-electron chi connectivity index (χ4n) is 3.54. The summed E-state index contributed by atoms with van der Waals surface area (Å²) in [6.45, 7) is 12.9. The van der Waals surface area contributed by atoms with Crippen LogP contribution in [0.1, 0.15) is 72.2 Å². The van der Waals surface area contributed by atoms with Crippen molar-refractivity contribution in [2.75, 3.05) is 13.1 Å². The molecule has 24 heavy (non-hydrogen) atoms. The maximum atomic E-state index is 11.4. The molecule has 1 amide bonds. The van der Waals surface area contributed by atoms with Crippen molar-refractivity contribution >= 4 is 5.91 Å². The van der Waals surface area contributed by atoms with Crippen molar-refractivity contribution in [1.29, 1.82) is 0 Å². The van der Waals surface area contributed by atoms with Crippen molar-refractivity contribution in [3.63, 3.8) is 0 Å². The maximum absolute atomic E-state index is 11.4. The van der Waals surface area contributed by atoms with E-state index in [4.69, 9.17) is 5.73 Å². The highest BCUT2D eigenvalue weighted by Crippen LogP contribution is 2.25. The van der Waals surface area contributed by atoms with Crippen LogP contribution in [0.3, 0.4) is 0 Å². The molecule has 0 bridgehead atoms. The number of carbonyl (C=O) groups excluding carboxylic acids is 1. The van der Waals surface area contributed by atoms with Crippen molar-refractivity contribution in [3.05, 3.63) is 5.82 Å². The molecule has 0 saturated carbocycles. The van der Waals surface area contributed by atoms with E-state index in [1.54, 1.807) is 0 Å². The standard InChI is InChI=1S/C17H32N6O/c1-6-17(4,5)23-16(19-20-21-23)14(11-12(2)3)22-9-7-13(8-10-22)15(18)24/h12-14H,6-11H2,1-5H3,(H2,18,24)/p+1/t14-/m1/s1. The Kier molecular flexibility index (Phi) is 5.96. The monoisotopic (exact) mass is 337 g/mol. The summed E-state index contributed by atoms with van der Waals surface area (Å²) in [5.41, 5.74) is 5.38. The number of likely N-dealkylation sites (tertiary alicyclic amines) is 1. The molecule has 1 aliphatic rings. The predicted octanol–water partition coefficient (Wildman–Crippen LogP) is 0.686. The van der Waals surface area contributed by atoms with Crippen molar-refractivity contribution in [2.24, 2.45) is 17.6 Å². The Balaban J connectivity index is 2.25. The van der Waals surface area contributed by atoms with Crippen LogP contribution in [0, 0.1) is 11.8 Å². The highest BCUT2D eigenvalue weighted by atomic mass is 16.1. The van der Waals surface area contributed by atoms with Gasteiger partial charge in [-0.3, -0.25) is 4.79 Å². The van der Waals surface area contributed by atoms with Gasteiger partial charge in [-0.05, 0) is 36.6 Å². The number of nitrogens with zero attached hydrogens (tertiary/aromatic N) is 4. The van der Waals surface area contributed by atoms with Crippen molar-refractivity contribution in [2.45, 2.75) is 71.9 Å². The lowest BCUT2D eigenvalue weighted by molar-refractivity contribution is -0.938. The number of rotatable bonds is 7. The summed E-state index contributed by atoms with van der Waals surface area (Å²) in [6.07, 6.45) is 3.73. The lowest BCUT2D eigenvalue weighted by Crippen LogP contribution is -3.13. The summed E-state index contributed by atoms with van der Waals surface area (Å²) >= 11 is 0. The zero-order chi connectivity index (χ0) is 17.9. The molecule has 0 radical (unpaired) electrons. The molecule has 1 atom stereocenters. The van der Waals surface area contributed by atoms with E-state index in [9.17, 15) is 4.79 Å². The molecule has 136 valence electrons. The van der Waals surface area contributed by atoms with Gasteiger partial charge in [0.1, 0.15) is 6.04 Å². The molecule has 1 aliphatic heterocycles. The number of carbonyl (C=O) groups is 1. The van der Waals surface area contributed by atoms with Crippen molar-refractivity contribution in [1.82, 2.24) is 20.2 Å². The number of aromatic nitrogens is 4. The number of nitrogens with one attached hydrogen (secondary N) is 1. The van der Waals surface area contributed by atoms with Gasteiger partial charge in [0.15, 0.2) is 0 Å². The zero-order valence-electron chi connectivity index (χ0n) is 15.7. The Labute approximate surface area is 145 Å². The minimum absolute atomic E-state index is 0.0246. The highest BCUT2D eigenvalue weighted by molar-refractivity contribution is 5.76. The van der Waals surface area contributed by atoms with E-state index in [0.29, 0.717) is 5.92 Å². The fourth-order valence-corrected chi connectivity index (χ4v) is 3.54. The maximum Gasteiger partial charge on any atom is 0.220 e. The summed E-state index contributed by atoms with van der Waals surface area (Å²) in [6, 6.07) is 0.264. The summed E-state index contributed by atoms with van der Waals surface area (Å²) in [5.74, 6) is 1.40. The molecule has 2 rings (SSSR count). The molecule has 3 N–H and O–H groups in total. The van der Waals surface area contributed by atoms with Gasteiger partial charge in [0.05, 0.1) is 18.6 Å². The number of tetrazole rings is 1. The molecule has 7 nitrogen and oxygen atoms in total. The second-order valence-electron chi connectivity index (χ2n) is 8.13. The number of hydrogen-bond acceptors (Lipinski definition) is 4. The summed E-state index contributed by atoms with van der Waals surface area (Å²) in [7, 11) is 0. The first-order chi connectivity index (χ1) is 11.3. The topological polar surface area (TPSA) is 91.1 Å². The Morgan fingerprint density at radius 1 is 1.38 bits per heavy atom. The van der Waals surface area contributed by atoms with Crippen LogP contribution in [-0.4, -0.2) is 39.2 Å². The van der Waals surface area contributed by atoms with Crippen LogP contribution in [-0.2, 0) is 10.3 Å². The molecule has 0 aliphatic carbocycles. The number of primary amides is 1. The van der Waals surface area contributed by atoms with Crippen LogP contribution in [0.15, 0.2) is 0 Å². The normalized spacial score (nSPS) is 23.4. The number of hydrogen-bond donors (Lipinski definition) is 2. The SMILES string of the molecule is CCC(C)(C)n1nnnc1[C@@H](CC(C)C)[NH+]1CCC(C(N)=O)CC1. The number of quaternary nitrogens is 1.